The highest BCUT2D eigenvalue weighted by atomic mass is 32.1. The zero-order valence-corrected chi connectivity index (χ0v) is 11.2. The normalized spacial score (nSPS) is 10.6. The number of imidazole rings is 1. The second kappa shape index (κ2) is 4.77. The number of aryl methyl sites for hydroxylation is 2. The number of nitrogen functional groups attached to an aromatic ring is 1. The molecule has 0 bridgehead atoms. The van der Waals surface area contributed by atoms with E-state index in [1.54, 1.807) is 4.57 Å². The minimum Gasteiger partial charge on any atom is -0.464 e. The third-order valence-electron chi connectivity index (χ3n) is 2.48. The number of hydrogen-bond acceptors (Lipinski definition) is 6. The van der Waals surface area contributed by atoms with Crippen molar-refractivity contribution in [1.29, 1.82) is 0 Å². The van der Waals surface area contributed by atoms with Gasteiger partial charge in [0.25, 0.3) is 0 Å². The number of methoxy groups -OCH3 is 1. The average molecular weight is 266 g/mol. The number of thiazole rings is 1. The fraction of sp³-hybridized carbons (Fsp3) is 0.364. The number of ether oxygens (including phenoxy) is 1. The van der Waals surface area contributed by atoms with Crippen LogP contribution in [-0.2, 0) is 11.2 Å². The van der Waals surface area contributed by atoms with Crippen molar-refractivity contribution in [2.45, 2.75) is 20.3 Å². The molecule has 6 nitrogen and oxygen atoms in total. The Morgan fingerprint density at radius 3 is 2.78 bits per heavy atom. The molecule has 18 heavy (non-hydrogen) atoms. The van der Waals surface area contributed by atoms with Gasteiger partial charge in [-0.15, -0.1) is 11.3 Å². The second-order valence-corrected chi connectivity index (χ2v) is 4.55. The Morgan fingerprint density at radius 1 is 1.56 bits per heavy atom. The highest BCUT2D eigenvalue weighted by Crippen LogP contribution is 2.24. The molecule has 0 atom stereocenters. The van der Waals surface area contributed by atoms with Gasteiger partial charge in [0.05, 0.1) is 12.8 Å². The molecule has 2 rings (SSSR count). The first-order valence-electron chi connectivity index (χ1n) is 5.46. The molecule has 0 unspecified atom stereocenters. The van der Waals surface area contributed by atoms with Gasteiger partial charge in [-0.3, -0.25) is 4.57 Å². The van der Waals surface area contributed by atoms with E-state index in [4.69, 9.17) is 5.73 Å². The Bertz CT molecular complexity index is 588. The van der Waals surface area contributed by atoms with E-state index in [1.807, 2.05) is 19.2 Å². The molecule has 0 saturated heterocycles. The van der Waals surface area contributed by atoms with Crippen LogP contribution in [0.3, 0.4) is 0 Å². The number of carbonyl (C=O) groups excluding carboxylic acids is 1. The third-order valence-corrected chi connectivity index (χ3v) is 3.42. The van der Waals surface area contributed by atoms with E-state index < -0.39 is 5.97 Å². The van der Waals surface area contributed by atoms with E-state index in [-0.39, 0.29) is 11.5 Å². The van der Waals surface area contributed by atoms with Crippen molar-refractivity contribution in [3.8, 4) is 5.13 Å². The van der Waals surface area contributed by atoms with Gasteiger partial charge in [0, 0.05) is 11.8 Å². The van der Waals surface area contributed by atoms with Gasteiger partial charge in [0.15, 0.2) is 10.8 Å². The van der Waals surface area contributed by atoms with Gasteiger partial charge in [-0.05, 0) is 6.92 Å². The molecule has 0 spiro atoms. The number of carbonyl (C=O) groups is 1. The third kappa shape index (κ3) is 1.97. The number of anilines is 1. The first kappa shape index (κ1) is 12.6. The Morgan fingerprint density at radius 2 is 2.28 bits per heavy atom. The maximum atomic E-state index is 11.6. The largest absolute Gasteiger partial charge is 0.464 e. The van der Waals surface area contributed by atoms with Crippen LogP contribution in [-0.4, -0.2) is 27.6 Å². The number of nitrogens with zero attached hydrogens (tertiary/aromatic N) is 3. The van der Waals surface area contributed by atoms with Crippen LogP contribution in [0.2, 0.25) is 0 Å². The molecule has 0 fully saturated rings. The lowest BCUT2D eigenvalue weighted by Crippen LogP contribution is -2.07. The van der Waals surface area contributed by atoms with Crippen LogP contribution in [0.1, 0.15) is 28.9 Å². The van der Waals surface area contributed by atoms with E-state index in [2.05, 4.69) is 14.7 Å². The Hall–Kier alpha value is -1.89. The summed E-state index contributed by atoms with van der Waals surface area (Å²) in [6.45, 7) is 3.85. The Labute approximate surface area is 108 Å². The van der Waals surface area contributed by atoms with Gasteiger partial charge in [0.1, 0.15) is 11.6 Å². The zero-order chi connectivity index (χ0) is 13.3. The molecule has 0 aromatic carbocycles. The standard InChI is InChI=1S/C11H14N4O2S/c1-4-7-14-8(10(16)17-3)9(12)15(7)11-13-6(2)5-18-11/h5H,4,12H2,1-3H3. The predicted molar refractivity (Wildman–Crippen MR) is 69.1 cm³/mol. The number of esters is 1. The summed E-state index contributed by atoms with van der Waals surface area (Å²) in [5, 5.41) is 2.64. The van der Waals surface area contributed by atoms with Gasteiger partial charge in [-0.1, -0.05) is 6.92 Å². The molecule has 0 amide bonds. The molecule has 0 radical (unpaired) electrons. The molecule has 2 aromatic heterocycles. The molecule has 0 aliphatic rings. The average Bonchev–Trinajstić information content (AvgIpc) is 2.91. The summed E-state index contributed by atoms with van der Waals surface area (Å²) >= 11 is 1.46. The van der Waals surface area contributed by atoms with Gasteiger partial charge in [0.2, 0.25) is 0 Å². The number of rotatable bonds is 3. The topological polar surface area (TPSA) is 83.0 Å². The van der Waals surface area contributed by atoms with Crippen LogP contribution >= 0.6 is 11.3 Å². The molecule has 0 aliphatic heterocycles. The Kier molecular flexibility index (Phi) is 3.33. The van der Waals surface area contributed by atoms with Crippen molar-refractivity contribution in [3.63, 3.8) is 0 Å². The molecular weight excluding hydrogens is 252 g/mol. The van der Waals surface area contributed by atoms with Crippen molar-refractivity contribution in [1.82, 2.24) is 14.5 Å². The van der Waals surface area contributed by atoms with Gasteiger partial charge >= 0.3 is 5.97 Å². The molecular formula is C11H14N4O2S. The highest BCUT2D eigenvalue weighted by Gasteiger charge is 2.22. The predicted octanol–water partition coefficient (Wildman–Crippen LogP) is 1.57. The summed E-state index contributed by atoms with van der Waals surface area (Å²) in [6.07, 6.45) is 0.653. The van der Waals surface area contributed by atoms with Crippen LogP contribution in [0, 0.1) is 6.92 Å². The molecule has 2 heterocycles. The minimum absolute atomic E-state index is 0.141. The quantitative estimate of drug-likeness (QED) is 0.852. The Balaban J connectivity index is 2.59. The highest BCUT2D eigenvalue weighted by molar-refractivity contribution is 7.12. The SMILES string of the molecule is CCc1nc(C(=O)OC)c(N)n1-c1nc(C)cs1. The van der Waals surface area contributed by atoms with Crippen LogP contribution < -0.4 is 5.73 Å². The molecule has 7 heteroatoms. The monoisotopic (exact) mass is 266 g/mol. The van der Waals surface area contributed by atoms with Crippen LogP contribution in [0.25, 0.3) is 5.13 Å². The molecule has 2 N–H and O–H groups in total. The first-order valence-corrected chi connectivity index (χ1v) is 6.34. The second-order valence-electron chi connectivity index (χ2n) is 3.71. The molecule has 0 aliphatic carbocycles. The van der Waals surface area contributed by atoms with Crippen molar-refractivity contribution in [2.24, 2.45) is 0 Å². The first-order chi connectivity index (χ1) is 8.58. The van der Waals surface area contributed by atoms with E-state index in [0.29, 0.717) is 17.4 Å². The number of hydrogen-bond donors (Lipinski definition) is 1. The van der Waals surface area contributed by atoms with E-state index in [9.17, 15) is 4.79 Å². The summed E-state index contributed by atoms with van der Waals surface area (Å²) < 4.78 is 6.36. The number of aromatic nitrogens is 3. The maximum absolute atomic E-state index is 11.6. The van der Waals surface area contributed by atoms with Gasteiger partial charge in [-0.25, -0.2) is 14.8 Å². The number of nitrogens with two attached hydrogens (primary N) is 1. The molecule has 96 valence electrons. The fourth-order valence-corrected chi connectivity index (χ4v) is 2.46. The van der Waals surface area contributed by atoms with Crippen molar-refractivity contribution >= 4 is 23.1 Å². The lowest BCUT2D eigenvalue weighted by atomic mass is 10.4. The lowest BCUT2D eigenvalue weighted by molar-refractivity contribution is 0.0596. The van der Waals surface area contributed by atoms with E-state index >= 15 is 0 Å². The molecule has 0 saturated carbocycles. The van der Waals surface area contributed by atoms with E-state index in [1.165, 1.54) is 18.4 Å². The van der Waals surface area contributed by atoms with Crippen molar-refractivity contribution in [3.05, 3.63) is 22.6 Å². The van der Waals surface area contributed by atoms with Crippen LogP contribution in [0.15, 0.2) is 5.38 Å². The van der Waals surface area contributed by atoms with Crippen LogP contribution in [0.4, 0.5) is 5.82 Å². The van der Waals surface area contributed by atoms with Crippen molar-refractivity contribution < 1.29 is 9.53 Å². The fourth-order valence-electron chi connectivity index (χ4n) is 1.62. The zero-order valence-electron chi connectivity index (χ0n) is 10.4. The summed E-state index contributed by atoms with van der Waals surface area (Å²) in [6, 6.07) is 0. The van der Waals surface area contributed by atoms with Gasteiger partial charge in [-0.2, -0.15) is 0 Å². The molecule has 2 aromatic rings. The minimum atomic E-state index is -0.533. The lowest BCUT2D eigenvalue weighted by Gasteiger charge is -2.03. The summed E-state index contributed by atoms with van der Waals surface area (Å²) in [5.41, 5.74) is 7.01. The smallest absolute Gasteiger partial charge is 0.360 e. The van der Waals surface area contributed by atoms with E-state index in [0.717, 1.165) is 5.69 Å². The summed E-state index contributed by atoms with van der Waals surface area (Å²) in [4.78, 5) is 20.1. The maximum Gasteiger partial charge on any atom is 0.360 e. The van der Waals surface area contributed by atoms with Crippen LogP contribution in [0.5, 0.6) is 0 Å². The summed E-state index contributed by atoms with van der Waals surface area (Å²) in [5.74, 6) is 0.435. The van der Waals surface area contributed by atoms with Gasteiger partial charge < -0.3 is 10.5 Å². The summed E-state index contributed by atoms with van der Waals surface area (Å²) in [7, 11) is 1.31. The van der Waals surface area contributed by atoms with Crippen molar-refractivity contribution in [2.75, 3.05) is 12.8 Å².